The Morgan fingerprint density at radius 3 is 2.79 bits per heavy atom. The molecule has 1 fully saturated rings. The van der Waals surface area contributed by atoms with Crippen LogP contribution in [0.1, 0.15) is 11.1 Å². The second kappa shape index (κ2) is 7.04. The smallest absolute Gasteiger partial charge is 0.410 e. The summed E-state index contributed by atoms with van der Waals surface area (Å²) in [6, 6.07) is 14.4. The molecule has 0 atom stereocenters. The molecule has 2 aromatic rings. The van der Waals surface area contributed by atoms with Crippen molar-refractivity contribution in [2.24, 2.45) is 0 Å². The van der Waals surface area contributed by atoms with Gasteiger partial charge in [-0.3, -0.25) is 4.79 Å². The van der Waals surface area contributed by atoms with E-state index in [4.69, 9.17) is 14.6 Å². The molecule has 0 aromatic heterocycles. The molecule has 1 saturated heterocycles. The minimum atomic E-state index is -0.889. The second-order valence-corrected chi connectivity index (χ2v) is 5.46. The van der Waals surface area contributed by atoms with Gasteiger partial charge in [0.1, 0.15) is 18.1 Å². The van der Waals surface area contributed by atoms with Crippen molar-refractivity contribution in [3.8, 4) is 11.5 Å². The normalized spacial score (nSPS) is 13.7. The maximum Gasteiger partial charge on any atom is 0.410 e. The SMILES string of the molecule is O=C(O)Cc1cccc(Oc2ccccc2CN2CCOC2=O)c1. The number of carboxylic acids is 1. The van der Waals surface area contributed by atoms with E-state index in [-0.39, 0.29) is 12.5 Å². The van der Waals surface area contributed by atoms with Gasteiger partial charge >= 0.3 is 12.1 Å². The van der Waals surface area contributed by atoms with Crippen LogP contribution in [0.25, 0.3) is 0 Å². The Bertz CT molecular complexity index is 759. The number of hydrogen-bond donors (Lipinski definition) is 1. The average molecular weight is 327 g/mol. The largest absolute Gasteiger partial charge is 0.481 e. The summed E-state index contributed by atoms with van der Waals surface area (Å²) in [5.74, 6) is 0.301. The van der Waals surface area contributed by atoms with Crippen molar-refractivity contribution in [2.45, 2.75) is 13.0 Å². The minimum absolute atomic E-state index is 0.0571. The standard InChI is InChI=1S/C18H17NO5/c20-17(21)11-13-4-3-6-15(10-13)24-16-7-2-1-5-14(16)12-19-8-9-23-18(19)22/h1-7,10H,8-9,11-12H2,(H,20,21). The highest BCUT2D eigenvalue weighted by Crippen LogP contribution is 2.27. The highest BCUT2D eigenvalue weighted by Gasteiger charge is 2.23. The van der Waals surface area contributed by atoms with Crippen molar-refractivity contribution in [3.63, 3.8) is 0 Å². The van der Waals surface area contributed by atoms with E-state index in [0.29, 0.717) is 36.8 Å². The predicted molar refractivity (Wildman–Crippen MR) is 86.1 cm³/mol. The quantitative estimate of drug-likeness (QED) is 0.882. The van der Waals surface area contributed by atoms with Gasteiger partial charge in [-0.15, -0.1) is 0 Å². The number of rotatable bonds is 6. The van der Waals surface area contributed by atoms with Gasteiger partial charge in [0, 0.05) is 5.56 Å². The molecule has 0 unspecified atom stereocenters. The highest BCUT2D eigenvalue weighted by atomic mass is 16.6. The van der Waals surface area contributed by atoms with E-state index in [9.17, 15) is 9.59 Å². The molecule has 124 valence electrons. The van der Waals surface area contributed by atoms with Gasteiger partial charge < -0.3 is 19.5 Å². The van der Waals surface area contributed by atoms with E-state index in [2.05, 4.69) is 0 Å². The summed E-state index contributed by atoms with van der Waals surface area (Å²) >= 11 is 0. The van der Waals surface area contributed by atoms with Crippen molar-refractivity contribution >= 4 is 12.1 Å². The molecule has 1 amide bonds. The van der Waals surface area contributed by atoms with Crippen molar-refractivity contribution in [1.29, 1.82) is 0 Å². The van der Waals surface area contributed by atoms with Gasteiger partial charge in [-0.05, 0) is 23.8 Å². The van der Waals surface area contributed by atoms with Crippen molar-refractivity contribution in [2.75, 3.05) is 13.2 Å². The first-order chi connectivity index (χ1) is 11.6. The van der Waals surface area contributed by atoms with Crippen LogP contribution >= 0.6 is 0 Å². The predicted octanol–water partition coefficient (Wildman–Crippen LogP) is 3.06. The zero-order chi connectivity index (χ0) is 16.9. The number of carbonyl (C=O) groups excluding carboxylic acids is 1. The molecular formula is C18H17NO5. The number of ether oxygens (including phenoxy) is 2. The zero-order valence-electron chi connectivity index (χ0n) is 13.0. The van der Waals surface area contributed by atoms with Crippen LogP contribution in [0.3, 0.4) is 0 Å². The van der Waals surface area contributed by atoms with Gasteiger partial charge in [0.05, 0.1) is 19.5 Å². The summed E-state index contributed by atoms with van der Waals surface area (Å²) < 4.78 is 10.8. The van der Waals surface area contributed by atoms with E-state index in [1.54, 1.807) is 29.2 Å². The summed E-state index contributed by atoms with van der Waals surface area (Å²) in [4.78, 5) is 24.0. The lowest BCUT2D eigenvalue weighted by Gasteiger charge is -2.16. The van der Waals surface area contributed by atoms with Crippen LogP contribution in [0.15, 0.2) is 48.5 Å². The van der Waals surface area contributed by atoms with Crippen LogP contribution in [-0.2, 0) is 22.5 Å². The molecule has 0 saturated carbocycles. The lowest BCUT2D eigenvalue weighted by molar-refractivity contribution is -0.136. The third-order valence-corrected chi connectivity index (χ3v) is 3.66. The van der Waals surface area contributed by atoms with Crippen molar-refractivity contribution in [3.05, 3.63) is 59.7 Å². The minimum Gasteiger partial charge on any atom is -0.481 e. The molecule has 6 heteroatoms. The summed E-state index contributed by atoms with van der Waals surface area (Å²) in [6.45, 7) is 1.37. The van der Waals surface area contributed by atoms with Crippen LogP contribution < -0.4 is 4.74 Å². The third kappa shape index (κ3) is 3.84. The lowest BCUT2D eigenvalue weighted by atomic mass is 10.1. The van der Waals surface area contributed by atoms with E-state index >= 15 is 0 Å². The third-order valence-electron chi connectivity index (χ3n) is 3.66. The molecule has 0 bridgehead atoms. The number of nitrogens with zero attached hydrogens (tertiary/aromatic N) is 1. The van der Waals surface area contributed by atoms with Crippen LogP contribution in [-0.4, -0.2) is 35.2 Å². The number of amides is 1. The number of hydrogen-bond acceptors (Lipinski definition) is 4. The van der Waals surface area contributed by atoms with E-state index in [1.165, 1.54) is 0 Å². The maximum absolute atomic E-state index is 11.6. The Labute approximate surface area is 139 Å². The number of cyclic esters (lactones) is 1. The fourth-order valence-electron chi connectivity index (χ4n) is 2.53. The summed E-state index contributed by atoms with van der Waals surface area (Å²) in [6.07, 6.45) is -0.383. The van der Waals surface area contributed by atoms with Gasteiger partial charge in [0.25, 0.3) is 0 Å². The Balaban J connectivity index is 1.78. The molecular weight excluding hydrogens is 310 g/mol. The molecule has 0 radical (unpaired) electrons. The monoisotopic (exact) mass is 327 g/mol. The Morgan fingerprint density at radius 2 is 2.04 bits per heavy atom. The van der Waals surface area contributed by atoms with Gasteiger partial charge in [0.15, 0.2) is 0 Å². The average Bonchev–Trinajstić information content (AvgIpc) is 2.94. The summed E-state index contributed by atoms with van der Waals surface area (Å²) in [7, 11) is 0. The first-order valence-corrected chi connectivity index (χ1v) is 7.60. The second-order valence-electron chi connectivity index (χ2n) is 5.46. The molecule has 1 heterocycles. The van der Waals surface area contributed by atoms with Crippen LogP contribution in [0, 0.1) is 0 Å². The van der Waals surface area contributed by atoms with Gasteiger partial charge in [-0.1, -0.05) is 30.3 Å². The molecule has 0 aliphatic carbocycles. The number of carbonyl (C=O) groups is 2. The van der Waals surface area contributed by atoms with Crippen LogP contribution in [0.4, 0.5) is 4.79 Å². The highest BCUT2D eigenvalue weighted by molar-refractivity contribution is 5.70. The molecule has 3 rings (SSSR count). The Morgan fingerprint density at radius 1 is 1.21 bits per heavy atom. The maximum atomic E-state index is 11.6. The molecule has 24 heavy (non-hydrogen) atoms. The number of benzene rings is 2. The molecule has 6 nitrogen and oxygen atoms in total. The van der Waals surface area contributed by atoms with Gasteiger partial charge in [-0.25, -0.2) is 4.79 Å². The van der Waals surface area contributed by atoms with E-state index in [0.717, 1.165) is 5.56 Å². The topological polar surface area (TPSA) is 76.1 Å². The zero-order valence-corrected chi connectivity index (χ0v) is 13.0. The molecule has 2 aromatic carbocycles. The van der Waals surface area contributed by atoms with Crippen molar-refractivity contribution in [1.82, 2.24) is 4.90 Å². The molecule has 1 aliphatic rings. The van der Waals surface area contributed by atoms with Gasteiger partial charge in [0.2, 0.25) is 0 Å². The van der Waals surface area contributed by atoms with Crippen LogP contribution in [0.2, 0.25) is 0 Å². The van der Waals surface area contributed by atoms with Gasteiger partial charge in [-0.2, -0.15) is 0 Å². The number of carboxylic acid groups (broad SMARTS) is 1. The molecule has 1 aliphatic heterocycles. The fraction of sp³-hybridized carbons (Fsp3) is 0.222. The Hall–Kier alpha value is -3.02. The van der Waals surface area contributed by atoms with E-state index < -0.39 is 5.97 Å². The number of aliphatic carboxylic acids is 1. The fourth-order valence-corrected chi connectivity index (χ4v) is 2.53. The summed E-state index contributed by atoms with van der Waals surface area (Å²) in [5.41, 5.74) is 1.53. The first-order valence-electron chi connectivity index (χ1n) is 7.60. The molecule has 1 N–H and O–H groups in total. The lowest BCUT2D eigenvalue weighted by Crippen LogP contribution is -2.23. The molecule has 0 spiro atoms. The Kier molecular flexibility index (Phi) is 4.65. The van der Waals surface area contributed by atoms with Crippen LogP contribution in [0.5, 0.6) is 11.5 Å². The number of para-hydroxylation sites is 1. The van der Waals surface area contributed by atoms with E-state index in [1.807, 2.05) is 24.3 Å². The first kappa shape index (κ1) is 15.9. The van der Waals surface area contributed by atoms with Crippen molar-refractivity contribution < 1.29 is 24.2 Å². The summed E-state index contributed by atoms with van der Waals surface area (Å²) in [5, 5.41) is 8.89.